The first-order valence-corrected chi connectivity index (χ1v) is 10.1. The van der Waals surface area contributed by atoms with Crippen LogP contribution in [0.5, 0.6) is 0 Å². The number of anilines is 1. The van der Waals surface area contributed by atoms with Gasteiger partial charge in [0.15, 0.2) is 0 Å². The molecule has 0 aliphatic carbocycles. The van der Waals surface area contributed by atoms with E-state index in [9.17, 15) is 19.5 Å². The smallest absolute Gasteiger partial charge is 0.407 e. The van der Waals surface area contributed by atoms with Gasteiger partial charge in [-0.15, -0.1) is 0 Å². The number of benzene rings is 2. The zero-order chi connectivity index (χ0) is 21.7. The van der Waals surface area contributed by atoms with E-state index in [4.69, 9.17) is 4.74 Å². The summed E-state index contributed by atoms with van der Waals surface area (Å²) in [6.45, 7) is 4.50. The highest BCUT2D eigenvalue weighted by Gasteiger charge is 2.48. The van der Waals surface area contributed by atoms with E-state index in [1.807, 2.05) is 44.2 Å². The third-order valence-corrected chi connectivity index (χ3v) is 5.73. The maximum atomic E-state index is 13.2. The maximum absolute atomic E-state index is 13.2. The van der Waals surface area contributed by atoms with E-state index in [1.165, 1.54) is 12.1 Å². The van der Waals surface area contributed by atoms with Crippen molar-refractivity contribution >= 4 is 23.7 Å². The number of carbonyl (C=O) groups is 3. The van der Waals surface area contributed by atoms with Crippen molar-refractivity contribution in [1.29, 1.82) is 0 Å². The average Bonchev–Trinajstić information content (AvgIpc) is 3.00. The Morgan fingerprint density at radius 1 is 1.10 bits per heavy atom. The van der Waals surface area contributed by atoms with Crippen LogP contribution < -0.4 is 10.2 Å². The van der Waals surface area contributed by atoms with Gasteiger partial charge in [0.25, 0.3) is 0 Å². The fourth-order valence-electron chi connectivity index (χ4n) is 3.97. The molecule has 1 heterocycles. The molecule has 7 heteroatoms. The average molecular weight is 410 g/mol. The predicted octanol–water partition coefficient (Wildman–Crippen LogP) is 3.72. The van der Waals surface area contributed by atoms with Crippen molar-refractivity contribution in [1.82, 2.24) is 5.32 Å². The first-order chi connectivity index (χ1) is 14.4. The topological polar surface area (TPSA) is 95.9 Å². The second-order valence-electron chi connectivity index (χ2n) is 7.27. The number of nitrogens with one attached hydrogen (secondary N) is 1. The van der Waals surface area contributed by atoms with Gasteiger partial charge in [0.1, 0.15) is 6.61 Å². The highest BCUT2D eigenvalue weighted by molar-refractivity contribution is 6.09. The molecular formula is C23H26N2O5. The molecule has 0 saturated carbocycles. The standard InChI is InChI=1S/C23H26N2O5/c1-3-23(4-2)18-11-10-17(20(26)27)14-19(18)25(21(23)28)13-12-24-22(29)30-15-16-8-6-5-7-9-16/h5-11,14H,3-4,12-13,15H2,1-2H3,(H,24,29)(H,26,27). The lowest BCUT2D eigenvalue weighted by molar-refractivity contribution is -0.123. The van der Waals surface area contributed by atoms with Crippen molar-refractivity contribution in [3.8, 4) is 0 Å². The molecule has 2 N–H and O–H groups in total. The maximum Gasteiger partial charge on any atom is 0.407 e. The normalized spacial score (nSPS) is 14.3. The Morgan fingerprint density at radius 2 is 1.80 bits per heavy atom. The summed E-state index contributed by atoms with van der Waals surface area (Å²) in [7, 11) is 0. The van der Waals surface area contributed by atoms with Gasteiger partial charge in [-0.1, -0.05) is 50.2 Å². The van der Waals surface area contributed by atoms with Crippen molar-refractivity contribution in [3.05, 3.63) is 65.2 Å². The van der Waals surface area contributed by atoms with E-state index in [0.29, 0.717) is 18.5 Å². The van der Waals surface area contributed by atoms with Crippen molar-refractivity contribution in [2.24, 2.45) is 0 Å². The minimum absolute atomic E-state index is 0.0653. The second-order valence-corrected chi connectivity index (χ2v) is 7.27. The first kappa shape index (κ1) is 21.4. The molecule has 0 fully saturated rings. The van der Waals surface area contributed by atoms with Gasteiger partial charge in [0, 0.05) is 18.8 Å². The van der Waals surface area contributed by atoms with Gasteiger partial charge in [0.05, 0.1) is 11.0 Å². The van der Waals surface area contributed by atoms with Crippen LogP contribution >= 0.6 is 0 Å². The Balaban J connectivity index is 1.68. The third-order valence-electron chi connectivity index (χ3n) is 5.73. The van der Waals surface area contributed by atoms with Gasteiger partial charge in [0.2, 0.25) is 5.91 Å². The number of carboxylic acids is 1. The summed E-state index contributed by atoms with van der Waals surface area (Å²) in [5.41, 5.74) is 1.79. The molecule has 2 aromatic rings. The molecule has 0 unspecified atom stereocenters. The van der Waals surface area contributed by atoms with Crippen molar-refractivity contribution < 1.29 is 24.2 Å². The number of alkyl carbamates (subject to hydrolysis) is 1. The molecule has 2 aromatic carbocycles. The molecule has 7 nitrogen and oxygen atoms in total. The Bertz CT molecular complexity index is 938. The van der Waals surface area contributed by atoms with Gasteiger partial charge in [-0.05, 0) is 36.1 Å². The molecule has 0 radical (unpaired) electrons. The summed E-state index contributed by atoms with van der Waals surface area (Å²) in [6.07, 6.45) is 0.664. The van der Waals surface area contributed by atoms with Gasteiger partial charge >= 0.3 is 12.1 Å². The van der Waals surface area contributed by atoms with E-state index >= 15 is 0 Å². The van der Waals surface area contributed by atoms with Crippen LogP contribution in [0.1, 0.15) is 48.2 Å². The molecule has 3 rings (SSSR count). The second kappa shape index (κ2) is 8.98. The Kier molecular flexibility index (Phi) is 6.40. The molecule has 1 aliphatic heterocycles. The van der Waals surface area contributed by atoms with Gasteiger partial charge in [-0.3, -0.25) is 4.79 Å². The minimum atomic E-state index is -1.04. The Morgan fingerprint density at radius 3 is 2.43 bits per heavy atom. The number of hydrogen-bond acceptors (Lipinski definition) is 4. The number of hydrogen-bond donors (Lipinski definition) is 2. The molecule has 30 heavy (non-hydrogen) atoms. The number of carbonyl (C=O) groups excluding carboxylic acids is 2. The lowest BCUT2D eigenvalue weighted by Gasteiger charge is -2.26. The molecule has 1 aliphatic rings. The lowest BCUT2D eigenvalue weighted by atomic mass is 9.77. The number of nitrogens with zero attached hydrogens (tertiary/aromatic N) is 1. The summed E-state index contributed by atoms with van der Waals surface area (Å²) in [5.74, 6) is -1.11. The van der Waals surface area contributed by atoms with Crippen molar-refractivity contribution in [2.45, 2.75) is 38.7 Å². The lowest BCUT2D eigenvalue weighted by Crippen LogP contribution is -2.43. The number of ether oxygens (including phenoxy) is 1. The van der Waals surface area contributed by atoms with Crippen LogP contribution in [0.15, 0.2) is 48.5 Å². The molecule has 0 saturated heterocycles. The zero-order valence-electron chi connectivity index (χ0n) is 17.2. The predicted molar refractivity (Wildman–Crippen MR) is 113 cm³/mol. The van der Waals surface area contributed by atoms with E-state index in [0.717, 1.165) is 11.1 Å². The first-order valence-electron chi connectivity index (χ1n) is 10.1. The van der Waals surface area contributed by atoms with E-state index in [2.05, 4.69) is 5.32 Å². The summed E-state index contributed by atoms with van der Waals surface area (Å²) in [5, 5.41) is 12.0. The van der Waals surface area contributed by atoms with Gasteiger partial charge in [-0.2, -0.15) is 0 Å². The molecule has 2 amide bonds. The van der Waals surface area contributed by atoms with E-state index < -0.39 is 17.5 Å². The highest BCUT2D eigenvalue weighted by atomic mass is 16.5. The monoisotopic (exact) mass is 410 g/mol. The van der Waals surface area contributed by atoms with Crippen LogP contribution in [-0.2, 0) is 21.6 Å². The quantitative estimate of drug-likeness (QED) is 0.692. The number of rotatable bonds is 8. The molecule has 158 valence electrons. The van der Waals surface area contributed by atoms with Crippen molar-refractivity contribution in [3.63, 3.8) is 0 Å². The van der Waals surface area contributed by atoms with Gasteiger partial charge < -0.3 is 20.1 Å². The van der Waals surface area contributed by atoms with Gasteiger partial charge in [-0.25, -0.2) is 9.59 Å². The number of aromatic carboxylic acids is 1. The molecule has 0 bridgehead atoms. The molecular weight excluding hydrogens is 384 g/mol. The fraction of sp³-hybridized carbons (Fsp3) is 0.348. The van der Waals surface area contributed by atoms with Crippen LogP contribution in [0.25, 0.3) is 0 Å². The van der Waals surface area contributed by atoms with E-state index in [-0.39, 0.29) is 31.2 Å². The summed E-state index contributed by atoms with van der Waals surface area (Å²) in [4.78, 5) is 38.2. The van der Waals surface area contributed by atoms with Crippen LogP contribution in [0.4, 0.5) is 10.5 Å². The van der Waals surface area contributed by atoms with Crippen LogP contribution in [0, 0.1) is 0 Å². The van der Waals surface area contributed by atoms with Crippen molar-refractivity contribution in [2.75, 3.05) is 18.0 Å². The number of fused-ring (bicyclic) bond motifs is 1. The Labute approximate surface area is 175 Å². The zero-order valence-corrected chi connectivity index (χ0v) is 17.2. The molecule has 0 atom stereocenters. The summed E-state index contributed by atoms with van der Waals surface area (Å²) in [6, 6.07) is 14.2. The summed E-state index contributed by atoms with van der Waals surface area (Å²) >= 11 is 0. The van der Waals surface area contributed by atoms with Crippen LogP contribution in [0.2, 0.25) is 0 Å². The van der Waals surface area contributed by atoms with E-state index in [1.54, 1.807) is 11.0 Å². The number of amides is 2. The highest BCUT2D eigenvalue weighted by Crippen LogP contribution is 2.46. The summed E-state index contributed by atoms with van der Waals surface area (Å²) < 4.78 is 5.19. The molecule has 0 spiro atoms. The minimum Gasteiger partial charge on any atom is -0.478 e. The Hall–Kier alpha value is -3.35. The molecule has 0 aromatic heterocycles. The number of carboxylic acid groups (broad SMARTS) is 1. The largest absolute Gasteiger partial charge is 0.478 e. The van der Waals surface area contributed by atoms with Crippen LogP contribution in [-0.4, -0.2) is 36.2 Å². The third kappa shape index (κ3) is 4.01. The fourth-order valence-corrected chi connectivity index (χ4v) is 3.97. The SMILES string of the molecule is CCC1(CC)C(=O)N(CCNC(=O)OCc2ccccc2)c2cc(C(=O)O)ccc21. The van der Waals surface area contributed by atoms with Crippen LogP contribution in [0.3, 0.4) is 0 Å².